The summed E-state index contributed by atoms with van der Waals surface area (Å²) in [5, 5.41) is 5.34. The highest BCUT2D eigenvalue weighted by Gasteiger charge is 2.32. The molecule has 2 aromatic carbocycles. The fraction of sp³-hybridized carbons (Fsp3) is 0.429. The van der Waals surface area contributed by atoms with E-state index in [4.69, 9.17) is 4.74 Å². The first kappa shape index (κ1) is 26.1. The van der Waals surface area contributed by atoms with Gasteiger partial charge < -0.3 is 15.4 Å². The van der Waals surface area contributed by atoms with Gasteiger partial charge in [-0.25, -0.2) is 4.79 Å². The van der Waals surface area contributed by atoms with Gasteiger partial charge in [0.2, 0.25) is 5.78 Å². The molecular weight excluding hydrogens is 444 g/mol. The lowest BCUT2D eigenvalue weighted by atomic mass is 9.85. The minimum atomic E-state index is -0.832. The summed E-state index contributed by atoms with van der Waals surface area (Å²) in [4.78, 5) is 51.1. The van der Waals surface area contributed by atoms with Gasteiger partial charge in [-0.1, -0.05) is 68.4 Å². The molecule has 7 nitrogen and oxygen atoms in total. The second-order valence-corrected chi connectivity index (χ2v) is 9.40. The van der Waals surface area contributed by atoms with Crippen LogP contribution < -0.4 is 10.6 Å². The van der Waals surface area contributed by atoms with E-state index in [0.29, 0.717) is 6.54 Å². The molecule has 2 unspecified atom stereocenters. The number of Topliss-reactive ketones (excluding diaryl/α,β-unsaturated/α-hetero) is 2. The van der Waals surface area contributed by atoms with Crippen LogP contribution in [0, 0.1) is 11.8 Å². The summed E-state index contributed by atoms with van der Waals surface area (Å²) in [7, 11) is 0. The quantitative estimate of drug-likeness (QED) is 0.590. The third kappa shape index (κ3) is 8.05. The summed E-state index contributed by atoms with van der Waals surface area (Å²) in [5.41, 5.74) is 2.93. The first-order chi connectivity index (χ1) is 16.8. The molecule has 2 amide bonds. The van der Waals surface area contributed by atoms with Gasteiger partial charge in [0.25, 0.3) is 5.91 Å². The molecule has 1 aliphatic heterocycles. The topological polar surface area (TPSA) is 102 Å². The molecule has 2 bridgehead atoms. The monoisotopic (exact) mass is 478 g/mol. The van der Waals surface area contributed by atoms with Crippen LogP contribution in [-0.2, 0) is 38.6 Å². The zero-order chi connectivity index (χ0) is 25.2. The Kier molecular flexibility index (Phi) is 9.58. The number of amides is 2. The Morgan fingerprint density at radius 1 is 1.03 bits per heavy atom. The first-order valence-electron chi connectivity index (χ1n) is 12.2. The highest BCUT2D eigenvalue weighted by atomic mass is 16.5. The number of nitrogens with one attached hydrogen (secondary N) is 2. The van der Waals surface area contributed by atoms with E-state index in [2.05, 4.69) is 16.7 Å². The van der Waals surface area contributed by atoms with Crippen molar-refractivity contribution >= 4 is 23.6 Å². The van der Waals surface area contributed by atoms with Gasteiger partial charge in [0.05, 0.1) is 6.04 Å². The van der Waals surface area contributed by atoms with Crippen LogP contribution in [0.4, 0.5) is 4.79 Å². The molecule has 0 spiro atoms. The molecule has 0 aliphatic carbocycles. The molecule has 2 aromatic rings. The summed E-state index contributed by atoms with van der Waals surface area (Å²) < 4.78 is 5.28. The van der Waals surface area contributed by atoms with Gasteiger partial charge in [-0.3, -0.25) is 14.4 Å². The predicted molar refractivity (Wildman–Crippen MR) is 133 cm³/mol. The third-order valence-corrected chi connectivity index (χ3v) is 6.19. The molecule has 0 saturated heterocycles. The van der Waals surface area contributed by atoms with Crippen molar-refractivity contribution in [3.05, 3.63) is 71.3 Å². The van der Waals surface area contributed by atoms with Crippen LogP contribution in [0.15, 0.2) is 54.6 Å². The minimum Gasteiger partial charge on any atom is -0.445 e. The molecule has 1 aliphatic rings. The van der Waals surface area contributed by atoms with E-state index < -0.39 is 29.7 Å². The number of ketones is 2. The summed E-state index contributed by atoms with van der Waals surface area (Å²) in [6.45, 7) is 4.15. The van der Waals surface area contributed by atoms with Crippen LogP contribution in [0.2, 0.25) is 0 Å². The maximum atomic E-state index is 13.3. The summed E-state index contributed by atoms with van der Waals surface area (Å²) in [5.74, 6) is -2.58. The van der Waals surface area contributed by atoms with Crippen molar-refractivity contribution in [1.29, 1.82) is 0 Å². The average molecular weight is 479 g/mol. The summed E-state index contributed by atoms with van der Waals surface area (Å²) in [6, 6.07) is 16.4. The van der Waals surface area contributed by atoms with Crippen LogP contribution in [0.1, 0.15) is 49.8 Å². The number of carbonyl (C=O) groups is 4. The van der Waals surface area contributed by atoms with Gasteiger partial charge in [-0.15, -0.1) is 0 Å². The average Bonchev–Trinajstić information content (AvgIpc) is 2.85. The molecule has 2 N–H and O–H groups in total. The lowest BCUT2D eigenvalue weighted by Crippen LogP contribution is -2.46. The number of carbonyl (C=O) groups excluding carboxylic acids is 4. The number of ether oxygens (including phenoxy) is 1. The van der Waals surface area contributed by atoms with Crippen LogP contribution in [0.3, 0.4) is 0 Å². The van der Waals surface area contributed by atoms with Gasteiger partial charge >= 0.3 is 6.09 Å². The van der Waals surface area contributed by atoms with E-state index in [1.807, 2.05) is 62.4 Å². The number of aryl methyl sites for hydroxylation is 1. The van der Waals surface area contributed by atoms with Gasteiger partial charge in [-0.05, 0) is 48.3 Å². The number of hydrogen-bond acceptors (Lipinski definition) is 5. The number of alkyl carbamates (subject to hydrolysis) is 1. The molecule has 7 heteroatoms. The van der Waals surface area contributed by atoms with Crippen molar-refractivity contribution in [2.75, 3.05) is 6.54 Å². The Balaban J connectivity index is 1.70. The lowest BCUT2D eigenvalue weighted by Gasteiger charge is -2.23. The van der Waals surface area contributed by atoms with Crippen molar-refractivity contribution in [2.24, 2.45) is 11.8 Å². The molecule has 1 heterocycles. The normalized spacial score (nSPS) is 17.5. The Morgan fingerprint density at radius 3 is 2.51 bits per heavy atom. The zero-order valence-electron chi connectivity index (χ0n) is 20.4. The van der Waals surface area contributed by atoms with E-state index in [0.717, 1.165) is 30.4 Å². The molecule has 3 rings (SSSR count). The standard InChI is InChI=1S/C28H34N2O5/c1-19(2)25(30-28(34)35-18-21-10-4-3-5-11-21)24(31)17-23-16-22-13-8-12-20(15-22)9-6-7-14-29-27(33)26(23)32/h3-5,8,10-13,15,19,23,25H,6-7,9,14,16-18H2,1-2H3,(H,29,33)(H,30,34). The Labute approximate surface area is 206 Å². The van der Waals surface area contributed by atoms with E-state index >= 15 is 0 Å². The first-order valence-corrected chi connectivity index (χ1v) is 12.2. The van der Waals surface area contributed by atoms with Crippen LogP contribution >= 0.6 is 0 Å². The summed E-state index contributed by atoms with van der Waals surface area (Å²) in [6.07, 6.45) is 2.04. The molecule has 35 heavy (non-hydrogen) atoms. The van der Waals surface area contributed by atoms with Crippen molar-refractivity contribution < 1.29 is 23.9 Å². The molecule has 0 fully saturated rings. The predicted octanol–water partition coefficient (Wildman–Crippen LogP) is 3.78. The van der Waals surface area contributed by atoms with Crippen LogP contribution in [0.5, 0.6) is 0 Å². The largest absolute Gasteiger partial charge is 0.445 e. The van der Waals surface area contributed by atoms with Gasteiger partial charge in [0.15, 0.2) is 5.78 Å². The van der Waals surface area contributed by atoms with Gasteiger partial charge in [0.1, 0.15) is 6.61 Å². The second kappa shape index (κ2) is 12.8. The Hall–Kier alpha value is -3.48. The molecule has 186 valence electrons. The zero-order valence-corrected chi connectivity index (χ0v) is 20.4. The van der Waals surface area contributed by atoms with E-state index in [9.17, 15) is 19.2 Å². The maximum Gasteiger partial charge on any atom is 0.408 e. The fourth-order valence-corrected chi connectivity index (χ4v) is 4.26. The van der Waals surface area contributed by atoms with E-state index in [1.54, 1.807) is 0 Å². The maximum absolute atomic E-state index is 13.3. The lowest BCUT2D eigenvalue weighted by molar-refractivity contribution is -0.141. The SMILES string of the molecule is CC(C)C(NC(=O)OCc1ccccc1)C(=O)CC1Cc2cccc(c2)CCCCNC(=O)C1=O. The third-order valence-electron chi connectivity index (χ3n) is 6.19. The van der Waals surface area contributed by atoms with E-state index in [-0.39, 0.29) is 31.1 Å². The van der Waals surface area contributed by atoms with E-state index in [1.165, 1.54) is 5.56 Å². The van der Waals surface area contributed by atoms with Crippen LogP contribution in [0.25, 0.3) is 0 Å². The Bertz CT molecular complexity index is 1030. The summed E-state index contributed by atoms with van der Waals surface area (Å²) >= 11 is 0. The number of rotatable bonds is 7. The van der Waals surface area contributed by atoms with Crippen molar-refractivity contribution in [2.45, 2.75) is 58.6 Å². The number of benzene rings is 2. The minimum absolute atomic E-state index is 0.0866. The van der Waals surface area contributed by atoms with Gasteiger partial charge in [0, 0.05) is 18.9 Å². The molecule has 0 aromatic heterocycles. The highest BCUT2D eigenvalue weighted by molar-refractivity contribution is 6.37. The van der Waals surface area contributed by atoms with Crippen molar-refractivity contribution in [3.8, 4) is 0 Å². The molecule has 2 atom stereocenters. The van der Waals surface area contributed by atoms with Crippen LogP contribution in [-0.4, -0.2) is 36.2 Å². The number of hydrogen-bond donors (Lipinski definition) is 2. The molecule has 0 radical (unpaired) electrons. The van der Waals surface area contributed by atoms with Crippen molar-refractivity contribution in [1.82, 2.24) is 10.6 Å². The Morgan fingerprint density at radius 2 is 1.77 bits per heavy atom. The fourth-order valence-electron chi connectivity index (χ4n) is 4.26. The number of fused-ring (bicyclic) bond motifs is 2. The smallest absolute Gasteiger partial charge is 0.408 e. The van der Waals surface area contributed by atoms with Crippen molar-refractivity contribution in [3.63, 3.8) is 0 Å². The second-order valence-electron chi connectivity index (χ2n) is 9.40. The molecular formula is C28H34N2O5. The van der Waals surface area contributed by atoms with Gasteiger partial charge in [-0.2, -0.15) is 0 Å². The highest BCUT2D eigenvalue weighted by Crippen LogP contribution is 2.20. The molecule has 0 saturated carbocycles.